The van der Waals surface area contributed by atoms with Crippen LogP contribution in [-0.2, 0) is 29.1 Å². The summed E-state index contributed by atoms with van der Waals surface area (Å²) >= 11 is 0. The SMILES string of the molecule is C=CCN1CC(=O)N2[C@@H](Cc3ccc(O)cc3)C(=O)N(Cc3cccc(N4CC(N5CCN(C(C)C)CC5)C4)n3)C[C@@H]2N1C(=O)NCc1ccccc1. The van der Waals surface area contributed by atoms with Crippen LogP contribution in [0.4, 0.5) is 10.6 Å². The number of phenols is 1. The molecule has 4 fully saturated rings. The van der Waals surface area contributed by atoms with Crippen LogP contribution in [-0.4, -0.2) is 141 Å². The van der Waals surface area contributed by atoms with Crippen LogP contribution in [0.25, 0.3) is 0 Å². The van der Waals surface area contributed by atoms with Crippen molar-refractivity contribution in [3.63, 3.8) is 0 Å². The van der Waals surface area contributed by atoms with Gasteiger partial charge in [-0.2, -0.15) is 0 Å². The van der Waals surface area contributed by atoms with Crippen molar-refractivity contribution in [2.45, 2.75) is 57.6 Å². The van der Waals surface area contributed by atoms with E-state index in [0.29, 0.717) is 18.6 Å². The van der Waals surface area contributed by atoms with Gasteiger partial charge >= 0.3 is 6.03 Å². The molecule has 4 saturated heterocycles. The molecule has 4 aliphatic heterocycles. The Balaban J connectivity index is 1.11. The molecule has 0 aliphatic carbocycles. The van der Waals surface area contributed by atoms with Gasteiger partial charge in [0, 0.05) is 70.9 Å². The number of nitrogens with zero attached hydrogens (tertiary/aromatic N) is 8. The molecule has 13 heteroatoms. The predicted molar refractivity (Wildman–Crippen MR) is 202 cm³/mol. The number of phenolic OH excluding ortho intramolecular Hbond substituents is 1. The van der Waals surface area contributed by atoms with Crippen LogP contribution in [0.2, 0.25) is 0 Å². The molecule has 0 spiro atoms. The number of aromatic nitrogens is 1. The van der Waals surface area contributed by atoms with E-state index in [4.69, 9.17) is 4.98 Å². The summed E-state index contributed by atoms with van der Waals surface area (Å²) in [6.45, 7) is 15.4. The predicted octanol–water partition coefficient (Wildman–Crippen LogP) is 2.74. The number of amides is 4. The second-order valence-electron chi connectivity index (χ2n) is 14.7. The van der Waals surface area contributed by atoms with Gasteiger partial charge in [-0.25, -0.2) is 19.8 Å². The molecule has 0 unspecified atom stereocenters. The molecule has 4 amide bonds. The molecule has 0 bridgehead atoms. The lowest BCUT2D eigenvalue weighted by atomic mass is 9.98. The van der Waals surface area contributed by atoms with Crippen molar-refractivity contribution < 1.29 is 19.5 Å². The lowest BCUT2D eigenvalue weighted by Gasteiger charge is -2.55. The highest BCUT2D eigenvalue weighted by molar-refractivity contribution is 5.91. The number of rotatable bonds is 11. The highest BCUT2D eigenvalue weighted by Crippen LogP contribution is 2.30. The molecule has 0 radical (unpaired) electrons. The highest BCUT2D eigenvalue weighted by Gasteiger charge is 2.51. The minimum atomic E-state index is -0.864. The summed E-state index contributed by atoms with van der Waals surface area (Å²) < 4.78 is 0. The van der Waals surface area contributed by atoms with E-state index in [2.05, 4.69) is 40.4 Å². The first kappa shape index (κ1) is 36.4. The van der Waals surface area contributed by atoms with Gasteiger partial charge in [0.05, 0.1) is 25.3 Å². The number of carbonyl (C=O) groups is 3. The molecule has 2 aromatic carbocycles. The van der Waals surface area contributed by atoms with Crippen molar-refractivity contribution in [1.82, 2.24) is 39.9 Å². The molecule has 280 valence electrons. The van der Waals surface area contributed by atoms with E-state index >= 15 is 0 Å². The molecule has 7 rings (SSSR count). The summed E-state index contributed by atoms with van der Waals surface area (Å²) in [5, 5.41) is 16.3. The number of hydrogen-bond donors (Lipinski definition) is 2. The number of hydrazine groups is 1. The lowest BCUT2D eigenvalue weighted by Crippen LogP contribution is -2.76. The molecule has 13 nitrogen and oxygen atoms in total. The topological polar surface area (TPSA) is 119 Å². The summed E-state index contributed by atoms with van der Waals surface area (Å²) in [6, 6.07) is 22.1. The second kappa shape index (κ2) is 15.9. The fourth-order valence-electron chi connectivity index (χ4n) is 7.97. The Morgan fingerprint density at radius 2 is 1.68 bits per heavy atom. The van der Waals surface area contributed by atoms with Crippen molar-refractivity contribution in [3.8, 4) is 5.75 Å². The number of benzene rings is 2. The number of anilines is 1. The quantitative estimate of drug-likeness (QED) is 0.289. The average molecular weight is 722 g/mol. The zero-order valence-electron chi connectivity index (χ0n) is 30.8. The summed E-state index contributed by atoms with van der Waals surface area (Å²) in [5.74, 6) is 0.560. The van der Waals surface area contributed by atoms with Gasteiger partial charge in [0.15, 0.2) is 0 Å². The molecule has 53 heavy (non-hydrogen) atoms. The van der Waals surface area contributed by atoms with Crippen LogP contribution in [0, 0.1) is 0 Å². The maximum absolute atomic E-state index is 14.5. The first-order chi connectivity index (χ1) is 25.7. The van der Waals surface area contributed by atoms with Crippen LogP contribution in [0.15, 0.2) is 85.5 Å². The third-order valence-electron chi connectivity index (χ3n) is 11.0. The number of nitrogens with one attached hydrogen (secondary N) is 1. The largest absolute Gasteiger partial charge is 0.508 e. The third kappa shape index (κ3) is 8.02. The first-order valence-corrected chi connectivity index (χ1v) is 18.7. The van der Waals surface area contributed by atoms with E-state index < -0.39 is 12.2 Å². The van der Waals surface area contributed by atoms with E-state index in [1.54, 1.807) is 50.2 Å². The minimum absolute atomic E-state index is 0.0749. The van der Waals surface area contributed by atoms with Gasteiger partial charge in [0.25, 0.3) is 0 Å². The summed E-state index contributed by atoms with van der Waals surface area (Å²) in [6.07, 6.45) is 1.14. The first-order valence-electron chi connectivity index (χ1n) is 18.7. The summed E-state index contributed by atoms with van der Waals surface area (Å²) in [5.41, 5.74) is 2.48. The highest BCUT2D eigenvalue weighted by atomic mass is 16.3. The van der Waals surface area contributed by atoms with E-state index in [0.717, 1.165) is 61.9 Å². The summed E-state index contributed by atoms with van der Waals surface area (Å²) in [7, 11) is 0. The zero-order chi connectivity index (χ0) is 37.1. The van der Waals surface area contributed by atoms with Gasteiger partial charge in [0.1, 0.15) is 23.8 Å². The Morgan fingerprint density at radius 3 is 2.38 bits per heavy atom. The van der Waals surface area contributed by atoms with Crippen molar-refractivity contribution >= 4 is 23.7 Å². The Labute approximate surface area is 312 Å². The number of piperazine rings is 2. The fraction of sp³-hybridized carbons (Fsp3) is 0.450. The molecule has 5 heterocycles. The molecule has 4 aliphatic rings. The van der Waals surface area contributed by atoms with Crippen molar-refractivity contribution in [1.29, 1.82) is 0 Å². The number of pyridine rings is 1. The Kier molecular flexibility index (Phi) is 10.9. The molecular formula is C40H51N9O4. The van der Waals surface area contributed by atoms with Crippen molar-refractivity contribution in [2.24, 2.45) is 0 Å². The van der Waals surface area contributed by atoms with Crippen LogP contribution in [0.5, 0.6) is 5.75 Å². The normalized spacial score (nSPS) is 21.9. The second-order valence-corrected chi connectivity index (χ2v) is 14.7. The standard InChI is InChI=1S/C40H51N9O4/c1-4-17-47-28-38(51)48-35(22-30-13-15-34(50)16-14-30)39(52)46(27-37(48)49(47)40(53)41-23-31-9-6-5-7-10-31)24-32-11-8-12-36(42-32)45-25-33(26-45)44-20-18-43(19-21-44)29(2)3/h4-16,29,33,35,37,50H,1,17-28H2,2-3H3,(H,41,53)/t35-,37-/m0/s1. The van der Waals surface area contributed by atoms with Crippen molar-refractivity contribution in [2.75, 3.05) is 63.8 Å². The van der Waals surface area contributed by atoms with Gasteiger partial charge in [-0.1, -0.05) is 54.6 Å². The maximum atomic E-state index is 14.5. The van der Waals surface area contributed by atoms with Crippen LogP contribution in [0.1, 0.15) is 30.7 Å². The van der Waals surface area contributed by atoms with E-state index in [1.807, 2.05) is 48.5 Å². The maximum Gasteiger partial charge on any atom is 0.334 e. The van der Waals surface area contributed by atoms with E-state index in [-0.39, 0.29) is 56.2 Å². The van der Waals surface area contributed by atoms with Gasteiger partial charge in [-0.05, 0) is 49.2 Å². The van der Waals surface area contributed by atoms with Crippen molar-refractivity contribution in [3.05, 3.63) is 102 Å². The fourth-order valence-corrected chi connectivity index (χ4v) is 7.97. The lowest BCUT2D eigenvalue weighted by molar-refractivity contribution is -0.189. The third-order valence-corrected chi connectivity index (χ3v) is 11.0. The number of hydrogen-bond acceptors (Lipinski definition) is 9. The van der Waals surface area contributed by atoms with E-state index in [1.165, 1.54) is 0 Å². The van der Waals surface area contributed by atoms with Crippen LogP contribution < -0.4 is 10.2 Å². The number of aromatic hydroxyl groups is 1. The average Bonchev–Trinajstić information content (AvgIpc) is 3.13. The van der Waals surface area contributed by atoms with E-state index in [9.17, 15) is 19.5 Å². The smallest absolute Gasteiger partial charge is 0.334 e. The van der Waals surface area contributed by atoms with Gasteiger partial charge in [-0.15, -0.1) is 6.58 Å². The minimum Gasteiger partial charge on any atom is -0.508 e. The molecule has 2 atom stereocenters. The number of urea groups is 1. The monoisotopic (exact) mass is 721 g/mol. The molecule has 3 aromatic rings. The Hall–Kier alpha value is -4.98. The zero-order valence-corrected chi connectivity index (χ0v) is 30.8. The van der Waals surface area contributed by atoms with Gasteiger partial charge in [0.2, 0.25) is 11.8 Å². The van der Waals surface area contributed by atoms with Crippen LogP contribution >= 0.6 is 0 Å². The number of fused-ring (bicyclic) bond motifs is 1. The number of carbonyl (C=O) groups excluding carboxylic acids is 3. The van der Waals surface area contributed by atoms with Gasteiger partial charge in [-0.3, -0.25) is 19.4 Å². The molecular weight excluding hydrogens is 670 g/mol. The molecule has 1 aromatic heterocycles. The van der Waals surface area contributed by atoms with Crippen LogP contribution in [0.3, 0.4) is 0 Å². The van der Waals surface area contributed by atoms with Gasteiger partial charge < -0.3 is 25.1 Å². The Bertz CT molecular complexity index is 1760. The Morgan fingerprint density at radius 1 is 0.943 bits per heavy atom. The molecule has 0 saturated carbocycles. The molecule has 2 N–H and O–H groups in total. The summed E-state index contributed by atoms with van der Waals surface area (Å²) in [4.78, 5) is 58.2.